The Balaban J connectivity index is 2.26. The largest absolute Gasteiger partial charge is 0.382 e. The van der Waals surface area contributed by atoms with Gasteiger partial charge in [0.2, 0.25) is 0 Å². The fourth-order valence-electron chi connectivity index (χ4n) is 1.84. The number of hydrogen-bond donors (Lipinski definition) is 2. The molecule has 0 aliphatic heterocycles. The lowest BCUT2D eigenvalue weighted by Gasteiger charge is -2.05. The van der Waals surface area contributed by atoms with Crippen LogP contribution in [0.2, 0.25) is 5.54 Å². The van der Waals surface area contributed by atoms with Crippen molar-refractivity contribution in [2.45, 2.75) is 26.3 Å². The predicted molar refractivity (Wildman–Crippen MR) is 79.8 cm³/mol. The summed E-state index contributed by atoms with van der Waals surface area (Å²) in [5.74, 6) is -0.150. The van der Waals surface area contributed by atoms with Gasteiger partial charge in [-0.2, -0.15) is 0 Å². The van der Waals surface area contributed by atoms with Gasteiger partial charge in [0.25, 0.3) is 5.91 Å². The van der Waals surface area contributed by atoms with Gasteiger partial charge < -0.3 is 9.97 Å². The molecule has 6 heteroatoms. The van der Waals surface area contributed by atoms with Crippen molar-refractivity contribution in [2.24, 2.45) is 0 Å². The van der Waals surface area contributed by atoms with Crippen LogP contribution in [0.25, 0.3) is 11.4 Å². The molecule has 4 nitrogen and oxygen atoms in total. The van der Waals surface area contributed by atoms with Gasteiger partial charge in [-0.3, -0.25) is 4.79 Å². The number of nitrogens with zero attached hydrogens (tertiary/aromatic N) is 1. The minimum absolute atomic E-state index is 0.179. The molecular formula is C14H18FN3OSi. The molecule has 0 fully saturated rings. The van der Waals surface area contributed by atoms with Gasteiger partial charge in [-0.25, -0.2) is 9.37 Å². The van der Waals surface area contributed by atoms with Gasteiger partial charge in [0.15, 0.2) is 0 Å². The summed E-state index contributed by atoms with van der Waals surface area (Å²) in [6.07, 6.45) is 0. The minimum Gasteiger partial charge on any atom is -0.382 e. The molecule has 0 radical (unpaired) electrons. The van der Waals surface area contributed by atoms with Gasteiger partial charge in [0.05, 0.1) is 5.56 Å². The summed E-state index contributed by atoms with van der Waals surface area (Å²) < 4.78 is 13.7. The first-order valence-corrected chi connectivity index (χ1v) is 8.11. The van der Waals surface area contributed by atoms with Gasteiger partial charge >= 0.3 is 0 Å². The van der Waals surface area contributed by atoms with Crippen LogP contribution in [0.4, 0.5) is 4.39 Å². The molecule has 20 heavy (non-hydrogen) atoms. The van der Waals surface area contributed by atoms with E-state index in [-0.39, 0.29) is 11.7 Å². The highest BCUT2D eigenvalue weighted by Crippen LogP contribution is 2.21. The molecule has 0 spiro atoms. The van der Waals surface area contributed by atoms with Crippen LogP contribution in [0.15, 0.2) is 24.3 Å². The molecule has 2 aromatic rings. The van der Waals surface area contributed by atoms with E-state index >= 15 is 0 Å². The van der Waals surface area contributed by atoms with Crippen molar-refractivity contribution < 1.29 is 9.18 Å². The van der Waals surface area contributed by atoms with E-state index in [1.807, 2.05) is 0 Å². The lowest BCUT2D eigenvalue weighted by molar-refractivity contribution is 0.0975. The number of H-pyrrole nitrogens is 1. The molecule has 2 N–H and O–H groups in total. The maximum absolute atomic E-state index is 13.7. The number of carbonyl (C=O) groups excluding carboxylic acids is 1. The van der Waals surface area contributed by atoms with E-state index in [1.165, 1.54) is 6.07 Å². The quantitative estimate of drug-likeness (QED) is 0.848. The second kappa shape index (κ2) is 6.00. The molecule has 0 aliphatic carbocycles. The number of carbonyl (C=O) groups is 1. The maximum Gasteiger partial charge on any atom is 0.263 e. The molecule has 1 aromatic carbocycles. The molecule has 0 atom stereocenters. The molecule has 1 aromatic heterocycles. The van der Waals surface area contributed by atoms with E-state index in [4.69, 9.17) is 0 Å². The number of aromatic nitrogens is 2. The average molecular weight is 291 g/mol. The SMILES string of the molecule is Cc1[nH]c(-c2ccccc2F)nc1C(=O)N[SiH2]C(C)C. The van der Waals surface area contributed by atoms with Crippen molar-refractivity contribution >= 4 is 15.6 Å². The van der Waals surface area contributed by atoms with Crippen LogP contribution in [-0.4, -0.2) is 25.6 Å². The summed E-state index contributed by atoms with van der Waals surface area (Å²) in [4.78, 5) is 22.2. The molecule has 0 saturated heterocycles. The van der Waals surface area contributed by atoms with Crippen LogP contribution in [-0.2, 0) is 0 Å². The molecule has 1 heterocycles. The number of imidazole rings is 1. The zero-order chi connectivity index (χ0) is 14.7. The first-order valence-electron chi connectivity index (χ1n) is 6.58. The van der Waals surface area contributed by atoms with Gasteiger partial charge in [-0.15, -0.1) is 0 Å². The molecular weight excluding hydrogens is 273 g/mol. The molecule has 0 unspecified atom stereocenters. The maximum atomic E-state index is 13.7. The van der Waals surface area contributed by atoms with Gasteiger partial charge in [0, 0.05) is 5.69 Å². The molecule has 0 aliphatic rings. The Morgan fingerprint density at radius 1 is 1.40 bits per heavy atom. The lowest BCUT2D eigenvalue weighted by Crippen LogP contribution is -2.29. The Morgan fingerprint density at radius 3 is 2.75 bits per heavy atom. The molecule has 0 bridgehead atoms. The van der Waals surface area contributed by atoms with Crippen LogP contribution in [0.1, 0.15) is 30.0 Å². The molecule has 1 amide bonds. The summed E-state index contributed by atoms with van der Waals surface area (Å²) in [5.41, 5.74) is 1.87. The molecule has 106 valence electrons. The van der Waals surface area contributed by atoms with E-state index in [0.29, 0.717) is 28.3 Å². The number of aromatic amines is 1. The van der Waals surface area contributed by atoms with Crippen LogP contribution < -0.4 is 4.98 Å². The summed E-state index contributed by atoms with van der Waals surface area (Å²) in [6.45, 7) is 5.92. The first-order chi connectivity index (χ1) is 9.49. The average Bonchev–Trinajstić information content (AvgIpc) is 2.78. The van der Waals surface area contributed by atoms with E-state index in [2.05, 4.69) is 28.8 Å². The lowest BCUT2D eigenvalue weighted by atomic mass is 10.2. The van der Waals surface area contributed by atoms with Crippen molar-refractivity contribution in [2.75, 3.05) is 0 Å². The Bertz CT molecular complexity index is 625. The smallest absolute Gasteiger partial charge is 0.263 e. The van der Waals surface area contributed by atoms with E-state index in [9.17, 15) is 9.18 Å². The van der Waals surface area contributed by atoms with Crippen LogP contribution in [0, 0.1) is 12.7 Å². The van der Waals surface area contributed by atoms with Crippen LogP contribution in [0.3, 0.4) is 0 Å². The van der Waals surface area contributed by atoms with Crippen molar-refractivity contribution in [3.05, 3.63) is 41.5 Å². The van der Waals surface area contributed by atoms with Crippen molar-refractivity contribution in [3.63, 3.8) is 0 Å². The van der Waals surface area contributed by atoms with Gasteiger partial charge in [0.1, 0.15) is 27.0 Å². The molecule has 0 saturated carbocycles. The number of nitrogens with one attached hydrogen (secondary N) is 2. The zero-order valence-corrected chi connectivity index (χ0v) is 13.2. The standard InChI is InChI=1S/C14H18FN3OSi/c1-8(2)20-18-14(19)12-9(3)16-13(17-12)10-6-4-5-7-11(10)15/h4-8H,20H2,1-3H3,(H,16,17)(H,18,19). The fraction of sp³-hybridized carbons (Fsp3) is 0.286. The first kappa shape index (κ1) is 14.5. The number of benzene rings is 1. The fourth-order valence-corrected chi connectivity index (χ4v) is 2.60. The summed E-state index contributed by atoms with van der Waals surface area (Å²) >= 11 is 0. The highest BCUT2D eigenvalue weighted by Gasteiger charge is 2.17. The van der Waals surface area contributed by atoms with Crippen LogP contribution in [0.5, 0.6) is 0 Å². The zero-order valence-electron chi connectivity index (χ0n) is 11.8. The third-order valence-electron chi connectivity index (χ3n) is 2.90. The molecule has 2 rings (SSSR count). The summed E-state index contributed by atoms with van der Waals surface area (Å²) in [7, 11) is -0.650. The summed E-state index contributed by atoms with van der Waals surface area (Å²) in [6, 6.07) is 6.37. The highest BCUT2D eigenvalue weighted by molar-refractivity contribution is 6.39. The number of rotatable bonds is 4. The Kier molecular flexibility index (Phi) is 4.34. The van der Waals surface area contributed by atoms with Gasteiger partial charge in [-0.1, -0.05) is 26.0 Å². The number of aryl methyl sites for hydroxylation is 1. The topological polar surface area (TPSA) is 57.8 Å². The number of hydrogen-bond acceptors (Lipinski definition) is 2. The third kappa shape index (κ3) is 3.13. The third-order valence-corrected chi connectivity index (χ3v) is 4.24. The second-order valence-electron chi connectivity index (χ2n) is 5.14. The number of amides is 1. The predicted octanol–water partition coefficient (Wildman–Crippen LogP) is 2.17. The Hall–Kier alpha value is -1.95. The van der Waals surface area contributed by atoms with E-state index in [0.717, 1.165) is 0 Å². The monoisotopic (exact) mass is 291 g/mol. The van der Waals surface area contributed by atoms with Gasteiger partial charge in [-0.05, 0) is 24.6 Å². The number of halogens is 1. The summed E-state index contributed by atoms with van der Waals surface area (Å²) in [5, 5.41) is 0. The van der Waals surface area contributed by atoms with E-state index in [1.54, 1.807) is 25.1 Å². The van der Waals surface area contributed by atoms with Crippen molar-refractivity contribution in [1.29, 1.82) is 0 Å². The normalized spacial score (nSPS) is 11.4. The van der Waals surface area contributed by atoms with E-state index < -0.39 is 9.68 Å². The van der Waals surface area contributed by atoms with Crippen LogP contribution >= 0.6 is 0 Å². The van der Waals surface area contributed by atoms with Crippen molar-refractivity contribution in [3.8, 4) is 11.4 Å². The minimum atomic E-state index is -0.650. The Labute approximate surface area is 119 Å². The van der Waals surface area contributed by atoms with Crippen molar-refractivity contribution in [1.82, 2.24) is 15.0 Å². The Morgan fingerprint density at radius 2 is 2.10 bits per heavy atom. The second-order valence-corrected chi connectivity index (χ2v) is 7.54. The highest BCUT2D eigenvalue weighted by atomic mass is 28.2.